The fourth-order valence-corrected chi connectivity index (χ4v) is 2.74. The second-order valence-electron chi connectivity index (χ2n) is 4.07. The molecule has 0 spiro atoms. The molecule has 0 amide bonds. The first-order valence-electron chi connectivity index (χ1n) is 4.53. The van der Waals surface area contributed by atoms with Crippen LogP contribution in [0.3, 0.4) is 0 Å². The molecule has 1 aromatic carbocycles. The van der Waals surface area contributed by atoms with Crippen molar-refractivity contribution in [1.82, 2.24) is 0 Å². The largest absolute Gasteiger partial charge is 0.179 e. The van der Waals surface area contributed by atoms with Crippen molar-refractivity contribution in [3.05, 3.63) is 28.7 Å². The second kappa shape index (κ2) is 5.47. The highest BCUT2D eigenvalue weighted by molar-refractivity contribution is 9.10. The molecule has 0 saturated heterocycles. The van der Waals surface area contributed by atoms with Crippen LogP contribution in [0.2, 0.25) is 0 Å². The summed E-state index contributed by atoms with van der Waals surface area (Å²) < 4.78 is 1.14. The SMILES string of the molecule is CC(C)(CS)CSc1cccc(Br)c1. The lowest BCUT2D eigenvalue weighted by molar-refractivity contribution is 0.494. The molecule has 0 aliphatic heterocycles. The molecule has 0 unspecified atom stereocenters. The Morgan fingerprint density at radius 2 is 2.14 bits per heavy atom. The average molecular weight is 291 g/mol. The van der Waals surface area contributed by atoms with Crippen molar-refractivity contribution < 1.29 is 0 Å². The van der Waals surface area contributed by atoms with Crippen LogP contribution in [0.4, 0.5) is 0 Å². The summed E-state index contributed by atoms with van der Waals surface area (Å²) in [5.74, 6) is 2.03. The molecule has 0 N–H and O–H groups in total. The van der Waals surface area contributed by atoms with Gasteiger partial charge in [0.15, 0.2) is 0 Å². The maximum atomic E-state index is 4.35. The molecular formula is C11H15BrS2. The van der Waals surface area contributed by atoms with E-state index >= 15 is 0 Å². The molecule has 14 heavy (non-hydrogen) atoms. The van der Waals surface area contributed by atoms with Crippen LogP contribution in [0.15, 0.2) is 33.6 Å². The van der Waals surface area contributed by atoms with Gasteiger partial charge >= 0.3 is 0 Å². The van der Waals surface area contributed by atoms with E-state index in [4.69, 9.17) is 0 Å². The van der Waals surface area contributed by atoms with E-state index in [0.29, 0.717) is 5.41 Å². The Bertz CT molecular complexity index is 297. The summed E-state index contributed by atoms with van der Waals surface area (Å²) in [6.45, 7) is 4.48. The molecule has 0 heterocycles. The summed E-state index contributed by atoms with van der Waals surface area (Å²) in [6.07, 6.45) is 0. The predicted molar refractivity (Wildman–Crippen MR) is 72.5 cm³/mol. The number of hydrogen-bond donors (Lipinski definition) is 1. The molecule has 0 aromatic heterocycles. The topological polar surface area (TPSA) is 0 Å². The van der Waals surface area contributed by atoms with Crippen LogP contribution in [-0.4, -0.2) is 11.5 Å². The van der Waals surface area contributed by atoms with Crippen molar-refractivity contribution >= 4 is 40.3 Å². The lowest BCUT2D eigenvalue weighted by atomic mass is 10.0. The normalized spacial score (nSPS) is 11.7. The number of rotatable bonds is 4. The van der Waals surface area contributed by atoms with Crippen LogP contribution in [0.25, 0.3) is 0 Å². The minimum atomic E-state index is 0.302. The van der Waals surface area contributed by atoms with Crippen LogP contribution in [0.1, 0.15) is 13.8 Å². The van der Waals surface area contributed by atoms with Gasteiger partial charge < -0.3 is 0 Å². The van der Waals surface area contributed by atoms with Crippen molar-refractivity contribution in [2.24, 2.45) is 5.41 Å². The number of halogens is 1. The Morgan fingerprint density at radius 1 is 1.43 bits per heavy atom. The van der Waals surface area contributed by atoms with Crippen LogP contribution >= 0.6 is 40.3 Å². The zero-order chi connectivity index (χ0) is 10.6. The lowest BCUT2D eigenvalue weighted by Crippen LogP contribution is -2.16. The van der Waals surface area contributed by atoms with E-state index in [1.165, 1.54) is 4.90 Å². The van der Waals surface area contributed by atoms with Gasteiger partial charge in [-0.15, -0.1) is 11.8 Å². The standard InChI is InChI=1S/C11H15BrS2/c1-11(2,7-13)8-14-10-5-3-4-9(12)6-10/h3-6,13H,7-8H2,1-2H3. The Morgan fingerprint density at radius 3 is 2.71 bits per heavy atom. The molecule has 3 heteroatoms. The van der Waals surface area contributed by atoms with E-state index < -0.39 is 0 Å². The van der Waals surface area contributed by atoms with Crippen LogP contribution < -0.4 is 0 Å². The molecule has 1 aromatic rings. The lowest BCUT2D eigenvalue weighted by Gasteiger charge is -2.21. The van der Waals surface area contributed by atoms with E-state index in [1.807, 2.05) is 17.8 Å². The number of thiol groups is 1. The monoisotopic (exact) mass is 290 g/mol. The zero-order valence-corrected chi connectivity index (χ0v) is 11.8. The number of thioether (sulfide) groups is 1. The van der Waals surface area contributed by atoms with Gasteiger partial charge in [-0.3, -0.25) is 0 Å². The smallest absolute Gasteiger partial charge is 0.0186 e. The van der Waals surface area contributed by atoms with Gasteiger partial charge in [-0.25, -0.2) is 0 Å². The van der Waals surface area contributed by atoms with Crippen molar-refractivity contribution in [3.63, 3.8) is 0 Å². The van der Waals surface area contributed by atoms with Gasteiger partial charge in [0.2, 0.25) is 0 Å². The Balaban J connectivity index is 2.54. The van der Waals surface area contributed by atoms with Gasteiger partial charge in [0, 0.05) is 15.1 Å². The summed E-state index contributed by atoms with van der Waals surface area (Å²) in [5, 5.41) is 0. The van der Waals surface area contributed by atoms with Gasteiger partial charge in [-0.1, -0.05) is 35.8 Å². The third-order valence-electron chi connectivity index (χ3n) is 1.85. The van der Waals surface area contributed by atoms with E-state index in [0.717, 1.165) is 16.0 Å². The number of benzene rings is 1. The molecule has 0 aliphatic rings. The predicted octanol–water partition coefficient (Wildman–Crippen LogP) is 4.50. The highest BCUT2D eigenvalue weighted by atomic mass is 79.9. The number of hydrogen-bond acceptors (Lipinski definition) is 2. The molecule has 78 valence electrons. The second-order valence-corrected chi connectivity index (χ2v) is 6.35. The van der Waals surface area contributed by atoms with E-state index in [2.05, 4.69) is 60.6 Å². The zero-order valence-electron chi connectivity index (χ0n) is 8.46. The third-order valence-corrected chi connectivity index (χ3v) is 4.72. The summed E-state index contributed by atoms with van der Waals surface area (Å²) >= 11 is 9.70. The summed E-state index contributed by atoms with van der Waals surface area (Å²) in [4.78, 5) is 1.31. The average Bonchev–Trinajstić information content (AvgIpc) is 2.15. The molecule has 1 rings (SSSR count). The van der Waals surface area contributed by atoms with Crippen LogP contribution in [0, 0.1) is 5.41 Å². The molecule has 0 fully saturated rings. The van der Waals surface area contributed by atoms with Gasteiger partial charge in [-0.05, 0) is 29.4 Å². The van der Waals surface area contributed by atoms with E-state index in [9.17, 15) is 0 Å². The van der Waals surface area contributed by atoms with Crippen molar-refractivity contribution in [3.8, 4) is 0 Å². The molecule has 0 saturated carbocycles. The van der Waals surface area contributed by atoms with Crippen molar-refractivity contribution in [2.75, 3.05) is 11.5 Å². The van der Waals surface area contributed by atoms with E-state index in [1.54, 1.807) is 0 Å². The van der Waals surface area contributed by atoms with Crippen molar-refractivity contribution in [1.29, 1.82) is 0 Å². The molecule has 0 aliphatic carbocycles. The molecule has 0 atom stereocenters. The fraction of sp³-hybridized carbons (Fsp3) is 0.455. The van der Waals surface area contributed by atoms with Gasteiger partial charge in [0.05, 0.1) is 0 Å². The maximum Gasteiger partial charge on any atom is 0.0186 e. The first kappa shape index (κ1) is 12.5. The molecule has 0 radical (unpaired) electrons. The Labute approximate surface area is 104 Å². The summed E-state index contributed by atoms with van der Waals surface area (Å²) in [6, 6.07) is 8.41. The first-order chi connectivity index (χ1) is 6.53. The molecular weight excluding hydrogens is 276 g/mol. The first-order valence-corrected chi connectivity index (χ1v) is 6.94. The van der Waals surface area contributed by atoms with Gasteiger partial charge in [0.25, 0.3) is 0 Å². The summed E-state index contributed by atoms with van der Waals surface area (Å²) in [7, 11) is 0. The summed E-state index contributed by atoms with van der Waals surface area (Å²) in [5.41, 5.74) is 0.302. The Hall–Kier alpha value is 0.400. The molecule has 0 bridgehead atoms. The highest BCUT2D eigenvalue weighted by Gasteiger charge is 2.15. The third kappa shape index (κ3) is 4.28. The van der Waals surface area contributed by atoms with Gasteiger partial charge in [0.1, 0.15) is 0 Å². The van der Waals surface area contributed by atoms with Gasteiger partial charge in [-0.2, -0.15) is 12.6 Å². The van der Waals surface area contributed by atoms with Crippen LogP contribution in [-0.2, 0) is 0 Å². The minimum Gasteiger partial charge on any atom is -0.179 e. The maximum absolute atomic E-state index is 4.35. The fourth-order valence-electron chi connectivity index (χ4n) is 0.881. The quantitative estimate of drug-likeness (QED) is 0.629. The van der Waals surface area contributed by atoms with Crippen LogP contribution in [0.5, 0.6) is 0 Å². The highest BCUT2D eigenvalue weighted by Crippen LogP contribution is 2.29. The van der Waals surface area contributed by atoms with Crippen molar-refractivity contribution in [2.45, 2.75) is 18.7 Å². The van der Waals surface area contributed by atoms with E-state index in [-0.39, 0.29) is 0 Å². The minimum absolute atomic E-state index is 0.302. The Kier molecular flexibility index (Phi) is 4.88. The molecule has 0 nitrogen and oxygen atoms in total.